The van der Waals surface area contributed by atoms with E-state index in [-0.39, 0.29) is 29.9 Å². The summed E-state index contributed by atoms with van der Waals surface area (Å²) in [6.07, 6.45) is 1.89. The second kappa shape index (κ2) is 9.25. The van der Waals surface area contributed by atoms with E-state index in [0.29, 0.717) is 25.3 Å². The van der Waals surface area contributed by atoms with E-state index in [4.69, 9.17) is 4.42 Å². The molecule has 0 aliphatic heterocycles. The van der Waals surface area contributed by atoms with E-state index in [9.17, 15) is 14.0 Å². The lowest BCUT2D eigenvalue weighted by atomic mass is 10.2. The van der Waals surface area contributed by atoms with Crippen molar-refractivity contribution in [3.8, 4) is 0 Å². The number of carbonyl (C=O) groups is 2. The van der Waals surface area contributed by atoms with E-state index in [2.05, 4.69) is 15.6 Å². The number of aromatic nitrogens is 2. The molecule has 7 nitrogen and oxygen atoms in total. The minimum Gasteiger partial charge on any atom is -0.459 e. The molecule has 0 aliphatic carbocycles. The first kappa shape index (κ1) is 20.3. The van der Waals surface area contributed by atoms with Crippen molar-refractivity contribution in [2.24, 2.45) is 0 Å². The number of rotatable bonds is 8. The smallest absolute Gasteiger partial charge is 0.286 e. The number of nitrogens with one attached hydrogen (secondary N) is 2. The molecule has 0 saturated carbocycles. The van der Waals surface area contributed by atoms with Crippen molar-refractivity contribution in [3.63, 3.8) is 0 Å². The topological polar surface area (TPSA) is 89.2 Å². The first-order chi connectivity index (χ1) is 15.1. The van der Waals surface area contributed by atoms with Crippen molar-refractivity contribution < 1.29 is 18.4 Å². The summed E-state index contributed by atoms with van der Waals surface area (Å²) in [5.74, 6) is 0.133. The van der Waals surface area contributed by atoms with Crippen LogP contribution in [0.4, 0.5) is 4.39 Å². The number of halogens is 1. The Kier molecular flexibility index (Phi) is 6.07. The molecule has 158 valence electrons. The molecule has 0 saturated heterocycles. The van der Waals surface area contributed by atoms with Gasteiger partial charge in [-0.3, -0.25) is 9.59 Å². The van der Waals surface area contributed by atoms with E-state index in [0.717, 1.165) is 16.6 Å². The van der Waals surface area contributed by atoms with E-state index >= 15 is 0 Å². The fourth-order valence-electron chi connectivity index (χ4n) is 3.28. The van der Waals surface area contributed by atoms with E-state index < -0.39 is 0 Å². The van der Waals surface area contributed by atoms with Gasteiger partial charge in [-0.2, -0.15) is 0 Å². The molecule has 0 bridgehead atoms. The molecule has 0 fully saturated rings. The first-order valence-electron chi connectivity index (χ1n) is 9.87. The molecule has 0 unspecified atom stereocenters. The summed E-state index contributed by atoms with van der Waals surface area (Å²) >= 11 is 0. The number of benzene rings is 2. The van der Waals surface area contributed by atoms with Gasteiger partial charge < -0.3 is 19.6 Å². The Balaban J connectivity index is 1.42. The monoisotopic (exact) mass is 420 g/mol. The van der Waals surface area contributed by atoms with Crippen LogP contribution in [0.3, 0.4) is 0 Å². The van der Waals surface area contributed by atoms with Gasteiger partial charge in [-0.1, -0.05) is 24.3 Å². The van der Waals surface area contributed by atoms with Crippen LogP contribution in [-0.4, -0.2) is 27.9 Å². The largest absolute Gasteiger partial charge is 0.459 e. The Morgan fingerprint density at radius 2 is 1.81 bits per heavy atom. The van der Waals surface area contributed by atoms with Crippen LogP contribution in [-0.2, 0) is 24.3 Å². The van der Waals surface area contributed by atoms with Crippen molar-refractivity contribution in [1.29, 1.82) is 0 Å². The molecule has 31 heavy (non-hydrogen) atoms. The number of furan rings is 1. The van der Waals surface area contributed by atoms with Crippen LogP contribution in [0.25, 0.3) is 11.0 Å². The zero-order chi connectivity index (χ0) is 21.6. The van der Waals surface area contributed by atoms with Crippen LogP contribution < -0.4 is 10.6 Å². The van der Waals surface area contributed by atoms with Crippen molar-refractivity contribution in [2.45, 2.75) is 19.5 Å². The molecule has 0 spiro atoms. The molecule has 8 heteroatoms. The minimum atomic E-state index is -0.316. The summed E-state index contributed by atoms with van der Waals surface area (Å²) in [5.41, 5.74) is 2.43. The molecule has 0 atom stereocenters. The van der Waals surface area contributed by atoms with Crippen molar-refractivity contribution in [3.05, 3.63) is 89.9 Å². The van der Waals surface area contributed by atoms with Crippen LogP contribution >= 0.6 is 0 Å². The van der Waals surface area contributed by atoms with Crippen molar-refractivity contribution >= 4 is 22.8 Å². The van der Waals surface area contributed by atoms with Gasteiger partial charge in [-0.15, -0.1) is 0 Å². The average Bonchev–Trinajstić information content (AvgIpc) is 3.42. The Labute approximate surface area is 177 Å². The second-order valence-corrected chi connectivity index (χ2v) is 6.99. The number of carbonyl (C=O) groups excluding carboxylic acids is 2. The number of para-hydroxylation sites is 2. The molecule has 2 amide bonds. The van der Waals surface area contributed by atoms with E-state index in [1.807, 2.05) is 28.8 Å². The summed E-state index contributed by atoms with van der Waals surface area (Å²) in [6.45, 7) is 0.740. The molecular weight excluding hydrogens is 399 g/mol. The van der Waals surface area contributed by atoms with Crippen LogP contribution in [0.1, 0.15) is 21.9 Å². The first-order valence-corrected chi connectivity index (χ1v) is 9.87. The normalized spacial score (nSPS) is 10.9. The Morgan fingerprint density at radius 3 is 2.58 bits per heavy atom. The summed E-state index contributed by atoms with van der Waals surface area (Å²) < 4.78 is 20.0. The van der Waals surface area contributed by atoms with Gasteiger partial charge in [0.05, 0.1) is 17.3 Å². The second-order valence-electron chi connectivity index (χ2n) is 6.99. The third kappa shape index (κ3) is 4.98. The van der Waals surface area contributed by atoms with Gasteiger partial charge in [0, 0.05) is 19.5 Å². The number of hydrogen-bond donors (Lipinski definition) is 2. The molecule has 4 aromatic rings. The van der Waals surface area contributed by atoms with Gasteiger partial charge in [-0.05, 0) is 42.0 Å². The number of fused-ring (bicyclic) bond motifs is 1. The standard InChI is InChI=1S/C23H21FN4O3/c24-17-9-7-16(8-10-17)14-26-22(29)15-28-19-5-2-1-4-18(19)27-21(28)11-12-25-23(30)20-6-3-13-31-20/h1-10,13H,11-12,14-15H2,(H,25,30)(H,26,29). The Morgan fingerprint density at radius 1 is 1.00 bits per heavy atom. The highest BCUT2D eigenvalue weighted by Crippen LogP contribution is 2.16. The van der Waals surface area contributed by atoms with Gasteiger partial charge in [0.2, 0.25) is 5.91 Å². The molecule has 2 aromatic heterocycles. The highest BCUT2D eigenvalue weighted by molar-refractivity contribution is 5.91. The zero-order valence-corrected chi connectivity index (χ0v) is 16.7. The van der Waals surface area contributed by atoms with Crippen molar-refractivity contribution in [1.82, 2.24) is 20.2 Å². The number of imidazole rings is 1. The predicted octanol–water partition coefficient (Wildman–Crippen LogP) is 3.06. The fraction of sp³-hybridized carbons (Fsp3) is 0.174. The van der Waals surface area contributed by atoms with Gasteiger partial charge in [0.15, 0.2) is 5.76 Å². The summed E-state index contributed by atoms with van der Waals surface area (Å²) in [5, 5.41) is 5.64. The lowest BCUT2D eigenvalue weighted by molar-refractivity contribution is -0.121. The van der Waals surface area contributed by atoms with E-state index in [1.165, 1.54) is 18.4 Å². The quantitative estimate of drug-likeness (QED) is 0.459. The van der Waals surface area contributed by atoms with Gasteiger partial charge in [0.1, 0.15) is 18.2 Å². The summed E-state index contributed by atoms with van der Waals surface area (Å²) in [4.78, 5) is 29.2. The maximum Gasteiger partial charge on any atom is 0.286 e. The summed E-state index contributed by atoms with van der Waals surface area (Å²) in [6, 6.07) is 16.8. The lowest BCUT2D eigenvalue weighted by Crippen LogP contribution is -2.29. The van der Waals surface area contributed by atoms with Gasteiger partial charge in [-0.25, -0.2) is 9.37 Å². The van der Waals surface area contributed by atoms with Crippen molar-refractivity contribution in [2.75, 3.05) is 6.54 Å². The zero-order valence-electron chi connectivity index (χ0n) is 16.7. The predicted molar refractivity (Wildman–Crippen MR) is 113 cm³/mol. The lowest BCUT2D eigenvalue weighted by Gasteiger charge is -2.11. The maximum atomic E-state index is 13.0. The highest BCUT2D eigenvalue weighted by atomic mass is 19.1. The Hall–Kier alpha value is -3.94. The highest BCUT2D eigenvalue weighted by Gasteiger charge is 2.14. The molecule has 2 aromatic carbocycles. The van der Waals surface area contributed by atoms with E-state index in [1.54, 1.807) is 24.3 Å². The van der Waals surface area contributed by atoms with Gasteiger partial charge >= 0.3 is 0 Å². The third-order valence-electron chi connectivity index (χ3n) is 4.82. The molecule has 2 N–H and O–H groups in total. The molecular formula is C23H21FN4O3. The SMILES string of the molecule is O=C(Cn1c(CCNC(=O)c2ccco2)nc2ccccc21)NCc1ccc(F)cc1. The number of nitrogens with zero attached hydrogens (tertiary/aromatic N) is 2. The maximum absolute atomic E-state index is 13.0. The van der Waals surface area contributed by atoms with Crippen LogP contribution in [0.2, 0.25) is 0 Å². The number of hydrogen-bond acceptors (Lipinski definition) is 4. The van der Waals surface area contributed by atoms with Crippen LogP contribution in [0, 0.1) is 5.82 Å². The minimum absolute atomic E-state index is 0.0865. The van der Waals surface area contributed by atoms with Crippen LogP contribution in [0.5, 0.6) is 0 Å². The summed E-state index contributed by atoms with van der Waals surface area (Å²) in [7, 11) is 0. The molecule has 2 heterocycles. The third-order valence-corrected chi connectivity index (χ3v) is 4.82. The molecule has 0 aliphatic rings. The number of amides is 2. The fourth-order valence-corrected chi connectivity index (χ4v) is 3.28. The molecule has 0 radical (unpaired) electrons. The van der Waals surface area contributed by atoms with Gasteiger partial charge in [0.25, 0.3) is 5.91 Å². The Bertz CT molecular complexity index is 1180. The van der Waals surface area contributed by atoms with Crippen LogP contribution in [0.15, 0.2) is 71.3 Å². The average molecular weight is 420 g/mol. The molecule has 4 rings (SSSR count).